The zero-order valence-electron chi connectivity index (χ0n) is 14.8. The summed E-state index contributed by atoms with van der Waals surface area (Å²) in [6, 6.07) is 0. The third-order valence-corrected chi connectivity index (χ3v) is 4.46. The van der Waals surface area contributed by atoms with E-state index < -0.39 is 0 Å². The van der Waals surface area contributed by atoms with Gasteiger partial charge in [-0.15, -0.1) is 0 Å². The number of hydrogen-bond acceptors (Lipinski definition) is 3. The van der Waals surface area contributed by atoms with Crippen molar-refractivity contribution >= 4 is 5.96 Å². The van der Waals surface area contributed by atoms with Crippen LogP contribution in [0.5, 0.6) is 0 Å². The SMILES string of the molecule is CCCC(CCO)CN=C(NCC)NCC1CCN(CC)C1. The van der Waals surface area contributed by atoms with Gasteiger partial charge in [0, 0.05) is 32.8 Å². The zero-order valence-corrected chi connectivity index (χ0v) is 14.8. The minimum absolute atomic E-state index is 0.263. The summed E-state index contributed by atoms with van der Waals surface area (Å²) in [5, 5.41) is 16.0. The molecule has 130 valence electrons. The van der Waals surface area contributed by atoms with Crippen molar-refractivity contribution in [3.05, 3.63) is 0 Å². The highest BCUT2D eigenvalue weighted by Gasteiger charge is 2.21. The van der Waals surface area contributed by atoms with Crippen molar-refractivity contribution in [2.45, 2.75) is 46.5 Å². The van der Waals surface area contributed by atoms with Gasteiger partial charge < -0.3 is 20.6 Å². The molecular weight excluding hydrogens is 276 g/mol. The molecule has 0 amide bonds. The van der Waals surface area contributed by atoms with Gasteiger partial charge in [0.2, 0.25) is 0 Å². The number of rotatable bonds is 10. The molecule has 0 aromatic rings. The van der Waals surface area contributed by atoms with Crippen LogP contribution in [-0.2, 0) is 0 Å². The van der Waals surface area contributed by atoms with E-state index in [2.05, 4.69) is 36.3 Å². The fraction of sp³-hybridized carbons (Fsp3) is 0.941. The second kappa shape index (κ2) is 11.7. The Hall–Kier alpha value is -0.810. The van der Waals surface area contributed by atoms with Crippen LogP contribution in [0.2, 0.25) is 0 Å². The normalized spacial score (nSPS) is 21.1. The maximum atomic E-state index is 9.14. The summed E-state index contributed by atoms with van der Waals surface area (Å²) in [6.45, 7) is 13.1. The lowest BCUT2D eigenvalue weighted by molar-refractivity contribution is 0.253. The van der Waals surface area contributed by atoms with E-state index in [1.807, 2.05) is 0 Å². The Morgan fingerprint density at radius 2 is 2.09 bits per heavy atom. The Balaban J connectivity index is 2.40. The molecular formula is C17H36N4O. The Labute approximate surface area is 136 Å². The summed E-state index contributed by atoms with van der Waals surface area (Å²) in [6.07, 6.45) is 4.42. The molecule has 1 heterocycles. The van der Waals surface area contributed by atoms with E-state index in [1.165, 1.54) is 19.5 Å². The molecule has 0 radical (unpaired) electrons. The second-order valence-electron chi connectivity index (χ2n) is 6.32. The van der Waals surface area contributed by atoms with Crippen LogP contribution in [0, 0.1) is 11.8 Å². The number of aliphatic hydroxyl groups is 1. The third kappa shape index (κ3) is 7.45. The molecule has 2 atom stereocenters. The van der Waals surface area contributed by atoms with E-state index in [4.69, 9.17) is 10.1 Å². The smallest absolute Gasteiger partial charge is 0.191 e. The lowest BCUT2D eigenvalue weighted by atomic mass is 10.0. The van der Waals surface area contributed by atoms with Gasteiger partial charge in [0.15, 0.2) is 5.96 Å². The molecule has 2 unspecified atom stereocenters. The van der Waals surface area contributed by atoms with Gasteiger partial charge in [0.05, 0.1) is 0 Å². The zero-order chi connectivity index (χ0) is 16.2. The quantitative estimate of drug-likeness (QED) is 0.424. The summed E-state index contributed by atoms with van der Waals surface area (Å²) < 4.78 is 0. The highest BCUT2D eigenvalue weighted by molar-refractivity contribution is 5.79. The number of aliphatic hydroxyl groups excluding tert-OH is 1. The molecule has 0 aliphatic carbocycles. The van der Waals surface area contributed by atoms with Gasteiger partial charge in [0.25, 0.3) is 0 Å². The molecule has 0 aromatic carbocycles. The molecule has 22 heavy (non-hydrogen) atoms. The number of aliphatic imine (C=N–C) groups is 1. The summed E-state index contributed by atoms with van der Waals surface area (Å²) >= 11 is 0. The maximum absolute atomic E-state index is 9.14. The van der Waals surface area contributed by atoms with E-state index in [0.717, 1.165) is 57.3 Å². The molecule has 3 N–H and O–H groups in total. The van der Waals surface area contributed by atoms with Gasteiger partial charge in [-0.25, -0.2) is 0 Å². The average molecular weight is 313 g/mol. The number of likely N-dealkylation sites (tertiary alicyclic amines) is 1. The summed E-state index contributed by atoms with van der Waals surface area (Å²) in [5.74, 6) is 2.15. The van der Waals surface area contributed by atoms with Gasteiger partial charge in [-0.05, 0) is 51.1 Å². The van der Waals surface area contributed by atoms with E-state index in [9.17, 15) is 0 Å². The lowest BCUT2D eigenvalue weighted by Crippen LogP contribution is -2.40. The minimum Gasteiger partial charge on any atom is -0.396 e. The van der Waals surface area contributed by atoms with E-state index >= 15 is 0 Å². The average Bonchev–Trinajstić information content (AvgIpc) is 2.98. The second-order valence-corrected chi connectivity index (χ2v) is 6.32. The summed E-state index contributed by atoms with van der Waals surface area (Å²) in [7, 11) is 0. The molecule has 0 spiro atoms. The first-order chi connectivity index (χ1) is 10.7. The van der Waals surface area contributed by atoms with Crippen LogP contribution < -0.4 is 10.6 Å². The monoisotopic (exact) mass is 312 g/mol. The van der Waals surface area contributed by atoms with Crippen molar-refractivity contribution in [3.63, 3.8) is 0 Å². The van der Waals surface area contributed by atoms with Gasteiger partial charge in [-0.1, -0.05) is 20.3 Å². The lowest BCUT2D eigenvalue weighted by Gasteiger charge is -2.17. The van der Waals surface area contributed by atoms with Crippen LogP contribution in [0.3, 0.4) is 0 Å². The molecule has 1 aliphatic rings. The van der Waals surface area contributed by atoms with Gasteiger partial charge in [-0.3, -0.25) is 4.99 Å². The first-order valence-corrected chi connectivity index (χ1v) is 9.08. The summed E-state index contributed by atoms with van der Waals surface area (Å²) in [5.41, 5.74) is 0. The fourth-order valence-corrected chi connectivity index (χ4v) is 3.09. The molecule has 1 fully saturated rings. The molecule has 5 nitrogen and oxygen atoms in total. The summed E-state index contributed by atoms with van der Waals surface area (Å²) in [4.78, 5) is 7.23. The highest BCUT2D eigenvalue weighted by atomic mass is 16.3. The van der Waals surface area contributed by atoms with Crippen molar-refractivity contribution in [2.75, 3.05) is 45.9 Å². The Morgan fingerprint density at radius 1 is 1.27 bits per heavy atom. The third-order valence-electron chi connectivity index (χ3n) is 4.46. The minimum atomic E-state index is 0.263. The van der Waals surface area contributed by atoms with Crippen LogP contribution >= 0.6 is 0 Å². The maximum Gasteiger partial charge on any atom is 0.191 e. The van der Waals surface area contributed by atoms with Crippen molar-refractivity contribution in [1.29, 1.82) is 0 Å². The molecule has 0 bridgehead atoms. The van der Waals surface area contributed by atoms with Gasteiger partial charge in [-0.2, -0.15) is 0 Å². The fourth-order valence-electron chi connectivity index (χ4n) is 3.09. The van der Waals surface area contributed by atoms with Gasteiger partial charge in [0.1, 0.15) is 0 Å². The topological polar surface area (TPSA) is 59.9 Å². The largest absolute Gasteiger partial charge is 0.396 e. The number of nitrogens with one attached hydrogen (secondary N) is 2. The number of nitrogens with zero attached hydrogens (tertiary/aromatic N) is 2. The predicted molar refractivity (Wildman–Crippen MR) is 94.3 cm³/mol. The van der Waals surface area contributed by atoms with Crippen LogP contribution in [0.15, 0.2) is 4.99 Å². The Bertz CT molecular complexity index is 303. The van der Waals surface area contributed by atoms with Crippen molar-refractivity contribution < 1.29 is 5.11 Å². The Morgan fingerprint density at radius 3 is 2.68 bits per heavy atom. The first kappa shape index (κ1) is 19.2. The molecule has 1 aliphatic heterocycles. The first-order valence-electron chi connectivity index (χ1n) is 9.08. The van der Waals surface area contributed by atoms with Crippen LogP contribution in [0.25, 0.3) is 0 Å². The van der Waals surface area contributed by atoms with Crippen molar-refractivity contribution in [3.8, 4) is 0 Å². The molecule has 1 rings (SSSR count). The van der Waals surface area contributed by atoms with E-state index in [1.54, 1.807) is 0 Å². The highest BCUT2D eigenvalue weighted by Crippen LogP contribution is 2.14. The number of hydrogen-bond donors (Lipinski definition) is 3. The van der Waals surface area contributed by atoms with E-state index in [0.29, 0.717) is 5.92 Å². The van der Waals surface area contributed by atoms with Crippen molar-refractivity contribution in [1.82, 2.24) is 15.5 Å². The van der Waals surface area contributed by atoms with Crippen LogP contribution in [0.1, 0.15) is 46.5 Å². The van der Waals surface area contributed by atoms with Crippen LogP contribution in [0.4, 0.5) is 0 Å². The van der Waals surface area contributed by atoms with Crippen molar-refractivity contribution in [2.24, 2.45) is 16.8 Å². The van der Waals surface area contributed by atoms with E-state index in [-0.39, 0.29) is 6.61 Å². The standard InChI is InChI=1S/C17H36N4O/c1-4-7-15(9-11-22)12-19-17(18-5-2)20-13-16-8-10-21(6-3)14-16/h15-16,22H,4-14H2,1-3H3,(H2,18,19,20). The molecule has 0 saturated carbocycles. The molecule has 1 saturated heterocycles. The Kier molecular flexibility index (Phi) is 10.2. The predicted octanol–water partition coefficient (Wildman–Crippen LogP) is 1.68. The van der Waals surface area contributed by atoms with Gasteiger partial charge >= 0.3 is 0 Å². The molecule has 5 heteroatoms. The molecule has 0 aromatic heterocycles. The van der Waals surface area contributed by atoms with Crippen LogP contribution in [-0.4, -0.2) is 61.8 Å². The number of guanidine groups is 1.